The van der Waals surface area contributed by atoms with Crippen LogP contribution in [-0.2, 0) is 0 Å². The van der Waals surface area contributed by atoms with E-state index in [4.69, 9.17) is 0 Å². The van der Waals surface area contributed by atoms with Crippen LogP contribution in [0.15, 0.2) is 48.9 Å². The first-order valence-electron chi connectivity index (χ1n) is 7.88. The van der Waals surface area contributed by atoms with E-state index < -0.39 is 0 Å². The molecular formula is C19H18N4O. The van der Waals surface area contributed by atoms with Crippen LogP contribution < -0.4 is 5.32 Å². The number of rotatable bonds is 5. The minimum atomic E-state index is -0.0979. The maximum Gasteiger partial charge on any atom is 0.135 e. The highest BCUT2D eigenvalue weighted by Gasteiger charge is 2.15. The Morgan fingerprint density at radius 3 is 2.71 bits per heavy atom. The zero-order valence-electron chi connectivity index (χ0n) is 13.4. The molecule has 2 aromatic heterocycles. The lowest BCUT2D eigenvalue weighted by Crippen LogP contribution is -2.23. The van der Waals surface area contributed by atoms with E-state index in [0.29, 0.717) is 11.4 Å². The highest BCUT2D eigenvalue weighted by atomic mass is 16.3. The summed E-state index contributed by atoms with van der Waals surface area (Å²) in [7, 11) is 0. The van der Waals surface area contributed by atoms with E-state index in [1.807, 2.05) is 31.2 Å². The molecule has 0 aliphatic carbocycles. The predicted octanol–water partition coefficient (Wildman–Crippen LogP) is 3.35. The summed E-state index contributed by atoms with van der Waals surface area (Å²) in [6.07, 6.45) is 6.03. The van der Waals surface area contributed by atoms with E-state index in [2.05, 4.69) is 21.4 Å². The van der Waals surface area contributed by atoms with Gasteiger partial charge >= 0.3 is 0 Å². The van der Waals surface area contributed by atoms with E-state index in [9.17, 15) is 10.4 Å². The summed E-state index contributed by atoms with van der Waals surface area (Å²) >= 11 is 0. The molecule has 0 radical (unpaired) electrons. The molecule has 0 aliphatic rings. The quantitative estimate of drug-likeness (QED) is 0.754. The summed E-state index contributed by atoms with van der Waals surface area (Å²) < 4.78 is 0. The number of hydrogen-bond donors (Lipinski definition) is 2. The maximum absolute atomic E-state index is 9.51. The zero-order chi connectivity index (χ0) is 16.9. The molecule has 1 unspecified atom stereocenters. The summed E-state index contributed by atoms with van der Waals surface area (Å²) in [6, 6.07) is 11.6. The Kier molecular flexibility index (Phi) is 4.69. The minimum absolute atomic E-state index is 0.0144. The Bertz CT molecular complexity index is 883. The second kappa shape index (κ2) is 7.07. The van der Waals surface area contributed by atoms with E-state index >= 15 is 0 Å². The standard InChI is InChI=1S/C19H18N4O/c1-2-15(12-24)23-19-18-14(10-20)4-3-5-16(18)17(11-22-19)13-6-8-21-9-7-13/h3-9,11,15,24H,2,12H2,1H3,(H,22,23). The highest BCUT2D eigenvalue weighted by Crippen LogP contribution is 2.33. The first-order valence-corrected chi connectivity index (χ1v) is 7.88. The first-order chi connectivity index (χ1) is 11.8. The van der Waals surface area contributed by atoms with Crippen molar-refractivity contribution in [1.29, 1.82) is 5.26 Å². The number of aromatic nitrogens is 2. The fourth-order valence-electron chi connectivity index (χ4n) is 2.73. The SMILES string of the molecule is CCC(CO)Nc1ncc(-c2ccncc2)c2cccc(C#N)c12. The van der Waals surface area contributed by atoms with Crippen molar-refractivity contribution >= 4 is 16.6 Å². The number of fused-ring (bicyclic) bond motifs is 1. The van der Waals surface area contributed by atoms with Gasteiger partial charge < -0.3 is 10.4 Å². The molecule has 5 heteroatoms. The van der Waals surface area contributed by atoms with Gasteiger partial charge in [-0.05, 0) is 35.6 Å². The molecule has 3 rings (SSSR count). The number of aliphatic hydroxyl groups excluding tert-OH is 1. The lowest BCUT2D eigenvalue weighted by molar-refractivity contribution is 0.271. The maximum atomic E-state index is 9.51. The molecule has 3 aromatic rings. The van der Waals surface area contributed by atoms with Crippen LogP contribution in [0, 0.1) is 11.3 Å². The van der Waals surface area contributed by atoms with Crippen molar-refractivity contribution in [1.82, 2.24) is 9.97 Å². The minimum Gasteiger partial charge on any atom is -0.394 e. The monoisotopic (exact) mass is 318 g/mol. The molecule has 0 spiro atoms. The molecule has 0 amide bonds. The topological polar surface area (TPSA) is 81.8 Å². The number of aliphatic hydroxyl groups is 1. The molecule has 2 N–H and O–H groups in total. The Balaban J connectivity index is 2.24. The number of nitrogens with zero attached hydrogens (tertiary/aromatic N) is 3. The van der Waals surface area contributed by atoms with Crippen molar-refractivity contribution in [2.75, 3.05) is 11.9 Å². The van der Waals surface area contributed by atoms with Crippen molar-refractivity contribution < 1.29 is 5.11 Å². The fraction of sp³-hybridized carbons (Fsp3) is 0.211. The fourth-order valence-corrected chi connectivity index (χ4v) is 2.73. The molecule has 2 heterocycles. The molecule has 1 aromatic carbocycles. The number of pyridine rings is 2. The van der Waals surface area contributed by atoms with Gasteiger partial charge in [0.2, 0.25) is 0 Å². The Hall–Kier alpha value is -2.97. The summed E-state index contributed by atoms with van der Waals surface area (Å²) in [5.41, 5.74) is 2.51. The zero-order valence-corrected chi connectivity index (χ0v) is 13.4. The third-order valence-electron chi connectivity index (χ3n) is 4.08. The average Bonchev–Trinajstić information content (AvgIpc) is 2.66. The number of anilines is 1. The highest BCUT2D eigenvalue weighted by molar-refractivity contribution is 6.04. The molecule has 0 fully saturated rings. The smallest absolute Gasteiger partial charge is 0.135 e. The van der Waals surface area contributed by atoms with Gasteiger partial charge in [-0.1, -0.05) is 19.1 Å². The third kappa shape index (κ3) is 2.92. The number of benzene rings is 1. The van der Waals surface area contributed by atoms with Crippen LogP contribution in [0.4, 0.5) is 5.82 Å². The van der Waals surface area contributed by atoms with Crippen molar-refractivity contribution in [3.05, 3.63) is 54.5 Å². The molecule has 1 atom stereocenters. The van der Waals surface area contributed by atoms with Gasteiger partial charge in [0.25, 0.3) is 0 Å². The second-order valence-electron chi connectivity index (χ2n) is 5.53. The molecule has 0 saturated heterocycles. The van der Waals surface area contributed by atoms with E-state index in [0.717, 1.165) is 28.3 Å². The van der Waals surface area contributed by atoms with E-state index in [1.165, 1.54) is 0 Å². The van der Waals surface area contributed by atoms with Crippen LogP contribution in [0.2, 0.25) is 0 Å². The van der Waals surface area contributed by atoms with Crippen LogP contribution >= 0.6 is 0 Å². The van der Waals surface area contributed by atoms with Crippen molar-refractivity contribution in [3.8, 4) is 17.2 Å². The van der Waals surface area contributed by atoms with Gasteiger partial charge in [-0.2, -0.15) is 5.26 Å². The molecule has 0 saturated carbocycles. The summed E-state index contributed by atoms with van der Waals surface area (Å²) in [4.78, 5) is 8.58. The average molecular weight is 318 g/mol. The lowest BCUT2D eigenvalue weighted by atomic mass is 9.98. The molecule has 120 valence electrons. The van der Waals surface area contributed by atoms with Gasteiger partial charge in [-0.25, -0.2) is 4.98 Å². The van der Waals surface area contributed by atoms with Crippen LogP contribution in [0.5, 0.6) is 0 Å². The molecule has 5 nitrogen and oxygen atoms in total. The number of nitrogens with one attached hydrogen (secondary N) is 1. The molecule has 0 bridgehead atoms. The predicted molar refractivity (Wildman–Crippen MR) is 94.5 cm³/mol. The summed E-state index contributed by atoms with van der Waals surface area (Å²) in [6.45, 7) is 2.01. The van der Waals surface area contributed by atoms with Gasteiger partial charge in [-0.15, -0.1) is 0 Å². The van der Waals surface area contributed by atoms with Crippen LogP contribution in [0.1, 0.15) is 18.9 Å². The van der Waals surface area contributed by atoms with Gasteiger partial charge in [-0.3, -0.25) is 4.98 Å². The Morgan fingerprint density at radius 1 is 1.25 bits per heavy atom. The van der Waals surface area contributed by atoms with Gasteiger partial charge in [0.05, 0.1) is 24.3 Å². The summed E-state index contributed by atoms with van der Waals surface area (Å²) in [5.74, 6) is 0.626. The summed E-state index contributed by atoms with van der Waals surface area (Å²) in [5, 5.41) is 23.9. The normalized spacial score (nSPS) is 11.9. The van der Waals surface area contributed by atoms with Gasteiger partial charge in [0, 0.05) is 29.5 Å². The van der Waals surface area contributed by atoms with Gasteiger partial charge in [0.15, 0.2) is 0 Å². The Morgan fingerprint density at radius 2 is 2.04 bits per heavy atom. The van der Waals surface area contributed by atoms with E-state index in [-0.39, 0.29) is 12.6 Å². The van der Waals surface area contributed by atoms with Crippen molar-refractivity contribution in [2.24, 2.45) is 0 Å². The van der Waals surface area contributed by atoms with Crippen molar-refractivity contribution in [3.63, 3.8) is 0 Å². The van der Waals surface area contributed by atoms with Crippen molar-refractivity contribution in [2.45, 2.75) is 19.4 Å². The molecule has 24 heavy (non-hydrogen) atoms. The first kappa shape index (κ1) is 15.9. The number of hydrogen-bond acceptors (Lipinski definition) is 5. The Labute approximate surface area is 140 Å². The molecule has 0 aliphatic heterocycles. The van der Waals surface area contributed by atoms with Crippen LogP contribution in [0.3, 0.4) is 0 Å². The van der Waals surface area contributed by atoms with Crippen LogP contribution in [0.25, 0.3) is 21.9 Å². The lowest BCUT2D eigenvalue weighted by Gasteiger charge is -2.18. The second-order valence-corrected chi connectivity index (χ2v) is 5.53. The largest absolute Gasteiger partial charge is 0.394 e. The number of nitriles is 1. The molecular weight excluding hydrogens is 300 g/mol. The third-order valence-corrected chi connectivity index (χ3v) is 4.08. The van der Waals surface area contributed by atoms with Gasteiger partial charge in [0.1, 0.15) is 5.82 Å². The van der Waals surface area contributed by atoms with E-state index in [1.54, 1.807) is 24.7 Å². The van der Waals surface area contributed by atoms with Crippen LogP contribution in [-0.4, -0.2) is 27.7 Å².